The van der Waals surface area contributed by atoms with Gasteiger partial charge in [-0.2, -0.15) is 13.2 Å². The minimum Gasteiger partial charge on any atom is -0.479 e. The molecule has 2 unspecified atom stereocenters. The highest BCUT2D eigenvalue weighted by Crippen LogP contribution is 2.30. The first kappa shape index (κ1) is 15.3. The van der Waals surface area contributed by atoms with E-state index < -0.39 is 35.8 Å². The Hall–Kier alpha value is -2.09. The Kier molecular flexibility index (Phi) is 4.17. The molecule has 2 N–H and O–H groups in total. The first-order valence-electron chi connectivity index (χ1n) is 6.14. The topological polar surface area (TPSA) is 75.6 Å². The number of amides is 1. The molecule has 0 saturated carbocycles. The molecule has 0 spiro atoms. The van der Waals surface area contributed by atoms with Gasteiger partial charge < -0.3 is 15.2 Å². The summed E-state index contributed by atoms with van der Waals surface area (Å²) in [7, 11) is 0. The normalized spacial score (nSPS) is 22.0. The van der Waals surface area contributed by atoms with Crippen LogP contribution in [0.2, 0.25) is 0 Å². The van der Waals surface area contributed by atoms with E-state index in [9.17, 15) is 22.8 Å². The number of halogens is 3. The molecule has 5 nitrogen and oxygen atoms in total. The lowest BCUT2D eigenvalue weighted by Crippen LogP contribution is -2.29. The Balaban J connectivity index is 1.96. The number of rotatable bonds is 3. The molecule has 0 radical (unpaired) electrons. The second-order valence-corrected chi connectivity index (χ2v) is 4.59. The van der Waals surface area contributed by atoms with Gasteiger partial charge in [-0.3, -0.25) is 4.79 Å². The largest absolute Gasteiger partial charge is 0.479 e. The number of hydrogen-bond acceptors (Lipinski definition) is 3. The Morgan fingerprint density at radius 2 is 1.71 bits per heavy atom. The fourth-order valence-electron chi connectivity index (χ4n) is 1.98. The van der Waals surface area contributed by atoms with Crippen LogP contribution in [0.25, 0.3) is 0 Å². The molecule has 0 aliphatic carbocycles. The van der Waals surface area contributed by atoms with E-state index in [4.69, 9.17) is 9.84 Å². The fraction of sp³-hybridized carbons (Fsp3) is 0.385. The van der Waals surface area contributed by atoms with Crippen molar-refractivity contribution in [2.75, 3.05) is 5.32 Å². The number of benzene rings is 1. The summed E-state index contributed by atoms with van der Waals surface area (Å²) >= 11 is 0. The monoisotopic (exact) mass is 303 g/mol. The van der Waals surface area contributed by atoms with Gasteiger partial charge in [-0.05, 0) is 37.1 Å². The maximum absolute atomic E-state index is 12.4. The van der Waals surface area contributed by atoms with Crippen molar-refractivity contribution in [3.63, 3.8) is 0 Å². The number of carboxylic acids is 1. The average molecular weight is 303 g/mol. The zero-order valence-electron chi connectivity index (χ0n) is 10.7. The van der Waals surface area contributed by atoms with Crippen molar-refractivity contribution in [1.29, 1.82) is 0 Å². The standard InChI is InChI=1S/C13H12F3NO4/c14-13(15,16)7-1-3-8(4-2-7)17-11(18)9-5-6-10(21-9)12(19)20/h1-4,9-10H,5-6H2,(H,17,18)(H,19,20). The van der Waals surface area contributed by atoms with Crippen LogP contribution in [0.5, 0.6) is 0 Å². The third-order valence-corrected chi connectivity index (χ3v) is 3.07. The van der Waals surface area contributed by atoms with E-state index in [2.05, 4.69) is 5.32 Å². The Labute approximate surface area is 117 Å². The van der Waals surface area contributed by atoms with E-state index in [0.717, 1.165) is 24.3 Å². The number of nitrogens with one attached hydrogen (secondary N) is 1. The van der Waals surface area contributed by atoms with E-state index >= 15 is 0 Å². The highest BCUT2D eigenvalue weighted by Gasteiger charge is 2.35. The molecular formula is C13H12F3NO4. The maximum atomic E-state index is 12.4. The summed E-state index contributed by atoms with van der Waals surface area (Å²) in [5, 5.41) is 11.1. The van der Waals surface area contributed by atoms with Crippen molar-refractivity contribution >= 4 is 17.6 Å². The summed E-state index contributed by atoms with van der Waals surface area (Å²) in [5.74, 6) is -1.71. The van der Waals surface area contributed by atoms with Crippen LogP contribution >= 0.6 is 0 Å². The lowest BCUT2D eigenvalue weighted by molar-refractivity contribution is -0.150. The van der Waals surface area contributed by atoms with Crippen LogP contribution < -0.4 is 5.32 Å². The van der Waals surface area contributed by atoms with Gasteiger partial charge in [0, 0.05) is 5.69 Å². The van der Waals surface area contributed by atoms with Crippen LogP contribution in [-0.4, -0.2) is 29.2 Å². The highest BCUT2D eigenvalue weighted by molar-refractivity contribution is 5.94. The van der Waals surface area contributed by atoms with Crippen LogP contribution in [0.15, 0.2) is 24.3 Å². The lowest BCUT2D eigenvalue weighted by atomic mass is 10.1. The van der Waals surface area contributed by atoms with Gasteiger partial charge in [0.05, 0.1) is 5.56 Å². The van der Waals surface area contributed by atoms with Gasteiger partial charge in [0.25, 0.3) is 5.91 Å². The number of aliphatic carboxylic acids is 1. The number of hydrogen-bond donors (Lipinski definition) is 2. The predicted octanol–water partition coefficient (Wildman–Crippen LogP) is 2.28. The third kappa shape index (κ3) is 3.72. The van der Waals surface area contributed by atoms with Crippen LogP contribution in [-0.2, 0) is 20.5 Å². The third-order valence-electron chi connectivity index (χ3n) is 3.07. The molecule has 21 heavy (non-hydrogen) atoms. The number of carboxylic acid groups (broad SMARTS) is 1. The second-order valence-electron chi connectivity index (χ2n) is 4.59. The van der Waals surface area contributed by atoms with Crippen LogP contribution in [0.3, 0.4) is 0 Å². The number of carbonyl (C=O) groups excluding carboxylic acids is 1. The van der Waals surface area contributed by atoms with Crippen molar-refractivity contribution in [2.24, 2.45) is 0 Å². The van der Waals surface area contributed by atoms with Crippen molar-refractivity contribution in [3.05, 3.63) is 29.8 Å². The molecule has 0 bridgehead atoms. The summed E-state index contributed by atoms with van der Waals surface area (Å²) in [6.07, 6.45) is -5.89. The molecule has 1 amide bonds. The number of ether oxygens (including phenoxy) is 1. The SMILES string of the molecule is O=C(O)C1CCC(C(=O)Nc2ccc(C(F)(F)F)cc2)O1. The number of anilines is 1. The molecule has 8 heteroatoms. The Morgan fingerprint density at radius 3 is 2.19 bits per heavy atom. The molecule has 1 aliphatic heterocycles. The lowest BCUT2D eigenvalue weighted by Gasteiger charge is -2.12. The highest BCUT2D eigenvalue weighted by atomic mass is 19.4. The summed E-state index contributed by atoms with van der Waals surface area (Å²) in [5.41, 5.74) is -0.626. The zero-order chi connectivity index (χ0) is 15.6. The first-order valence-corrected chi connectivity index (χ1v) is 6.14. The predicted molar refractivity (Wildman–Crippen MR) is 65.6 cm³/mol. The molecular weight excluding hydrogens is 291 g/mol. The van der Waals surface area contributed by atoms with E-state index in [1.807, 2.05) is 0 Å². The Bertz CT molecular complexity index is 541. The molecule has 2 atom stereocenters. The molecule has 0 aromatic heterocycles. The molecule has 1 aromatic carbocycles. The average Bonchev–Trinajstić information content (AvgIpc) is 2.88. The number of alkyl halides is 3. The van der Waals surface area contributed by atoms with Crippen molar-refractivity contribution in [1.82, 2.24) is 0 Å². The molecule has 1 saturated heterocycles. The van der Waals surface area contributed by atoms with Gasteiger partial charge in [-0.1, -0.05) is 0 Å². The first-order chi connectivity index (χ1) is 9.77. The van der Waals surface area contributed by atoms with Crippen molar-refractivity contribution in [2.45, 2.75) is 31.2 Å². The summed E-state index contributed by atoms with van der Waals surface area (Å²) in [6, 6.07) is 3.96. The van der Waals surface area contributed by atoms with Crippen LogP contribution in [0.1, 0.15) is 18.4 Å². The molecule has 1 aromatic rings. The molecule has 1 heterocycles. The fourth-order valence-corrected chi connectivity index (χ4v) is 1.98. The van der Waals surface area contributed by atoms with E-state index in [-0.39, 0.29) is 18.5 Å². The molecule has 1 fully saturated rings. The number of carbonyl (C=O) groups is 2. The molecule has 114 valence electrons. The van der Waals surface area contributed by atoms with Gasteiger partial charge in [-0.15, -0.1) is 0 Å². The quantitative estimate of drug-likeness (QED) is 0.898. The van der Waals surface area contributed by atoms with Gasteiger partial charge in [0.15, 0.2) is 6.10 Å². The molecule has 1 aliphatic rings. The van der Waals surface area contributed by atoms with E-state index in [0.29, 0.717) is 0 Å². The Morgan fingerprint density at radius 1 is 1.14 bits per heavy atom. The summed E-state index contributed by atoms with van der Waals surface area (Å²) in [4.78, 5) is 22.5. The van der Waals surface area contributed by atoms with Crippen molar-refractivity contribution in [3.8, 4) is 0 Å². The zero-order valence-corrected chi connectivity index (χ0v) is 10.7. The van der Waals surface area contributed by atoms with Gasteiger partial charge in [0.2, 0.25) is 0 Å². The summed E-state index contributed by atoms with van der Waals surface area (Å²) in [6.45, 7) is 0. The van der Waals surface area contributed by atoms with Crippen LogP contribution in [0.4, 0.5) is 18.9 Å². The van der Waals surface area contributed by atoms with E-state index in [1.54, 1.807) is 0 Å². The summed E-state index contributed by atoms with van der Waals surface area (Å²) < 4.78 is 42.2. The van der Waals surface area contributed by atoms with E-state index in [1.165, 1.54) is 0 Å². The molecule has 2 rings (SSSR count). The van der Waals surface area contributed by atoms with Gasteiger partial charge in [-0.25, -0.2) is 4.79 Å². The minimum absolute atomic E-state index is 0.190. The van der Waals surface area contributed by atoms with Gasteiger partial charge in [0.1, 0.15) is 6.10 Å². The minimum atomic E-state index is -4.44. The van der Waals surface area contributed by atoms with Crippen molar-refractivity contribution < 1.29 is 32.6 Å². The van der Waals surface area contributed by atoms with Gasteiger partial charge >= 0.3 is 12.1 Å². The maximum Gasteiger partial charge on any atom is 0.416 e. The smallest absolute Gasteiger partial charge is 0.416 e. The van der Waals surface area contributed by atoms with Crippen LogP contribution in [0, 0.1) is 0 Å². The second kappa shape index (κ2) is 5.72.